The second kappa shape index (κ2) is 3.02. The summed E-state index contributed by atoms with van der Waals surface area (Å²) in [6.07, 6.45) is 1.66. The maximum absolute atomic E-state index is 10.7. The standard InChI is InChI=1S/C7H8BrN3O2/c8-5-2-10-7-9-1-4(6(12)13)3-11(5)7/h2,4H,1,3H2,(H,9,10)(H,12,13). The topological polar surface area (TPSA) is 67.2 Å². The number of imidazole rings is 1. The first-order chi connectivity index (χ1) is 6.18. The van der Waals surface area contributed by atoms with E-state index in [-0.39, 0.29) is 5.92 Å². The van der Waals surface area contributed by atoms with E-state index in [1.807, 2.05) is 4.57 Å². The summed E-state index contributed by atoms with van der Waals surface area (Å²) in [5.74, 6) is -0.430. The lowest BCUT2D eigenvalue weighted by atomic mass is 10.1. The molecule has 1 aliphatic heterocycles. The van der Waals surface area contributed by atoms with Crippen LogP contribution in [-0.4, -0.2) is 27.2 Å². The first kappa shape index (κ1) is 8.55. The van der Waals surface area contributed by atoms with Crippen LogP contribution in [0.2, 0.25) is 0 Å². The summed E-state index contributed by atoms with van der Waals surface area (Å²) < 4.78 is 2.61. The second-order valence-electron chi connectivity index (χ2n) is 2.93. The van der Waals surface area contributed by atoms with Gasteiger partial charge in [0.25, 0.3) is 0 Å². The van der Waals surface area contributed by atoms with Gasteiger partial charge in [-0.3, -0.25) is 4.79 Å². The highest BCUT2D eigenvalue weighted by atomic mass is 79.9. The first-order valence-corrected chi connectivity index (χ1v) is 4.65. The van der Waals surface area contributed by atoms with Gasteiger partial charge in [0.15, 0.2) is 0 Å². The number of carbonyl (C=O) groups is 1. The number of halogens is 1. The third kappa shape index (κ3) is 1.41. The number of rotatable bonds is 1. The van der Waals surface area contributed by atoms with Crippen molar-refractivity contribution in [3.05, 3.63) is 10.8 Å². The van der Waals surface area contributed by atoms with Crippen LogP contribution >= 0.6 is 15.9 Å². The summed E-state index contributed by atoms with van der Waals surface area (Å²) in [5, 5.41) is 11.8. The summed E-state index contributed by atoms with van der Waals surface area (Å²) in [4.78, 5) is 14.8. The molecule has 0 saturated carbocycles. The minimum Gasteiger partial charge on any atom is -0.481 e. The molecule has 13 heavy (non-hydrogen) atoms. The fourth-order valence-electron chi connectivity index (χ4n) is 1.33. The summed E-state index contributed by atoms with van der Waals surface area (Å²) in [6, 6.07) is 0. The average Bonchev–Trinajstić information content (AvgIpc) is 2.47. The summed E-state index contributed by atoms with van der Waals surface area (Å²) >= 11 is 3.30. The molecule has 0 spiro atoms. The van der Waals surface area contributed by atoms with Crippen LogP contribution < -0.4 is 5.32 Å². The smallest absolute Gasteiger partial charge is 0.310 e. The fraction of sp³-hybridized carbons (Fsp3) is 0.429. The molecule has 1 aliphatic rings. The highest BCUT2D eigenvalue weighted by Crippen LogP contribution is 2.22. The molecule has 0 fully saturated rings. The Morgan fingerprint density at radius 3 is 3.31 bits per heavy atom. The Kier molecular flexibility index (Phi) is 1.99. The van der Waals surface area contributed by atoms with Crippen LogP contribution in [0.15, 0.2) is 10.8 Å². The number of nitrogens with zero attached hydrogens (tertiary/aromatic N) is 2. The molecule has 0 amide bonds. The predicted octanol–water partition coefficient (Wildman–Crippen LogP) is 0.772. The number of aromatic nitrogens is 2. The van der Waals surface area contributed by atoms with Gasteiger partial charge in [0.1, 0.15) is 4.60 Å². The highest BCUT2D eigenvalue weighted by molar-refractivity contribution is 9.10. The van der Waals surface area contributed by atoms with Gasteiger partial charge < -0.3 is 15.0 Å². The van der Waals surface area contributed by atoms with Crippen molar-refractivity contribution >= 4 is 27.8 Å². The summed E-state index contributed by atoms with van der Waals surface area (Å²) in [5.41, 5.74) is 0. The van der Waals surface area contributed by atoms with E-state index in [1.54, 1.807) is 6.20 Å². The van der Waals surface area contributed by atoms with Crippen LogP contribution in [0, 0.1) is 5.92 Å². The van der Waals surface area contributed by atoms with Crippen LogP contribution in [0.1, 0.15) is 0 Å². The number of nitrogens with one attached hydrogen (secondary N) is 1. The molecule has 0 saturated heterocycles. The van der Waals surface area contributed by atoms with Gasteiger partial charge in [-0.15, -0.1) is 0 Å². The maximum Gasteiger partial charge on any atom is 0.310 e. The molecule has 0 radical (unpaired) electrons. The molecule has 6 heteroatoms. The number of hydrogen-bond acceptors (Lipinski definition) is 3. The molecular formula is C7H8BrN3O2. The van der Waals surface area contributed by atoms with Gasteiger partial charge in [0, 0.05) is 13.1 Å². The van der Waals surface area contributed by atoms with E-state index < -0.39 is 5.97 Å². The molecule has 1 aromatic rings. The van der Waals surface area contributed by atoms with E-state index in [0.717, 1.165) is 10.6 Å². The molecule has 2 rings (SSSR count). The zero-order chi connectivity index (χ0) is 9.42. The van der Waals surface area contributed by atoms with Crippen molar-refractivity contribution < 1.29 is 9.90 Å². The van der Waals surface area contributed by atoms with Gasteiger partial charge in [0.2, 0.25) is 5.95 Å². The molecule has 5 nitrogen and oxygen atoms in total. The normalized spacial score (nSPS) is 20.5. The third-order valence-electron chi connectivity index (χ3n) is 2.07. The quantitative estimate of drug-likeness (QED) is 0.768. The third-order valence-corrected chi connectivity index (χ3v) is 2.70. The van der Waals surface area contributed by atoms with Crippen molar-refractivity contribution in [3.63, 3.8) is 0 Å². The fourth-order valence-corrected chi connectivity index (χ4v) is 1.75. The highest BCUT2D eigenvalue weighted by Gasteiger charge is 2.25. The molecular weight excluding hydrogens is 238 g/mol. The Labute approximate surface area is 82.9 Å². The summed E-state index contributed by atoms with van der Waals surface area (Å²) in [7, 11) is 0. The molecule has 0 bridgehead atoms. The minimum absolute atomic E-state index is 0.377. The SMILES string of the molecule is O=C(O)C1CNc2ncc(Br)n2C1. The van der Waals surface area contributed by atoms with Gasteiger partial charge in [0.05, 0.1) is 12.1 Å². The number of hydrogen-bond donors (Lipinski definition) is 2. The molecule has 1 unspecified atom stereocenters. The van der Waals surface area contributed by atoms with E-state index >= 15 is 0 Å². The van der Waals surface area contributed by atoms with Crippen molar-refractivity contribution in [3.8, 4) is 0 Å². The van der Waals surface area contributed by atoms with Crippen LogP contribution in [0.25, 0.3) is 0 Å². The van der Waals surface area contributed by atoms with E-state index in [2.05, 4.69) is 26.2 Å². The van der Waals surface area contributed by atoms with Gasteiger partial charge >= 0.3 is 5.97 Å². The predicted molar refractivity (Wildman–Crippen MR) is 49.5 cm³/mol. The zero-order valence-corrected chi connectivity index (χ0v) is 8.28. The largest absolute Gasteiger partial charge is 0.481 e. The van der Waals surface area contributed by atoms with Crippen molar-refractivity contribution in [2.45, 2.75) is 6.54 Å². The molecule has 70 valence electrons. The van der Waals surface area contributed by atoms with Gasteiger partial charge in [-0.25, -0.2) is 4.98 Å². The summed E-state index contributed by atoms with van der Waals surface area (Å²) in [6.45, 7) is 0.914. The monoisotopic (exact) mass is 245 g/mol. The van der Waals surface area contributed by atoms with Crippen molar-refractivity contribution in [1.82, 2.24) is 9.55 Å². The Balaban J connectivity index is 2.27. The Bertz CT molecular complexity index is 350. The van der Waals surface area contributed by atoms with Crippen LogP contribution in [0.4, 0.5) is 5.95 Å². The lowest BCUT2D eigenvalue weighted by Crippen LogP contribution is -2.33. The number of carboxylic acids is 1. The zero-order valence-electron chi connectivity index (χ0n) is 6.70. The van der Waals surface area contributed by atoms with E-state index in [4.69, 9.17) is 5.11 Å². The molecule has 0 aliphatic carbocycles. The van der Waals surface area contributed by atoms with Gasteiger partial charge in [-0.2, -0.15) is 0 Å². The van der Waals surface area contributed by atoms with E-state index in [1.165, 1.54) is 0 Å². The second-order valence-corrected chi connectivity index (χ2v) is 3.74. The van der Waals surface area contributed by atoms with Crippen molar-refractivity contribution in [2.24, 2.45) is 5.92 Å². The van der Waals surface area contributed by atoms with Crippen molar-refractivity contribution in [1.29, 1.82) is 0 Å². The average molecular weight is 246 g/mol. The Hall–Kier alpha value is -1.04. The van der Waals surface area contributed by atoms with E-state index in [0.29, 0.717) is 13.1 Å². The van der Waals surface area contributed by atoms with Gasteiger partial charge in [-0.1, -0.05) is 0 Å². The maximum atomic E-state index is 10.7. The lowest BCUT2D eigenvalue weighted by Gasteiger charge is -2.22. The number of carboxylic acid groups (broad SMARTS) is 1. The van der Waals surface area contributed by atoms with Gasteiger partial charge in [-0.05, 0) is 15.9 Å². The molecule has 2 heterocycles. The van der Waals surface area contributed by atoms with Crippen LogP contribution in [-0.2, 0) is 11.3 Å². The number of fused-ring (bicyclic) bond motifs is 1. The lowest BCUT2D eigenvalue weighted by molar-refractivity contribution is -0.141. The number of aliphatic carboxylic acids is 1. The van der Waals surface area contributed by atoms with E-state index in [9.17, 15) is 4.79 Å². The minimum atomic E-state index is -0.779. The van der Waals surface area contributed by atoms with Crippen LogP contribution in [0.3, 0.4) is 0 Å². The molecule has 2 N–H and O–H groups in total. The molecule has 0 aromatic carbocycles. The van der Waals surface area contributed by atoms with Crippen molar-refractivity contribution in [2.75, 3.05) is 11.9 Å². The van der Waals surface area contributed by atoms with Crippen LogP contribution in [0.5, 0.6) is 0 Å². The molecule has 1 atom stereocenters. The Morgan fingerprint density at radius 2 is 2.62 bits per heavy atom. The first-order valence-electron chi connectivity index (χ1n) is 3.86. The Morgan fingerprint density at radius 1 is 1.85 bits per heavy atom. The molecule has 1 aromatic heterocycles. The number of anilines is 1.